The second kappa shape index (κ2) is 6.93. The number of nitrogens with zero attached hydrogens (tertiary/aromatic N) is 1. The summed E-state index contributed by atoms with van der Waals surface area (Å²) in [5.74, 6) is 0.232. The van der Waals surface area contributed by atoms with E-state index in [0.29, 0.717) is 11.4 Å². The van der Waals surface area contributed by atoms with Gasteiger partial charge in [-0.1, -0.05) is 41.9 Å². The lowest BCUT2D eigenvalue weighted by Gasteiger charge is -2.21. The molecule has 2 heterocycles. The van der Waals surface area contributed by atoms with Crippen LogP contribution in [0.15, 0.2) is 54.7 Å². The maximum absolute atomic E-state index is 12.8. The smallest absolute Gasteiger partial charge is 0.223 e. The molecule has 0 radical (unpaired) electrons. The summed E-state index contributed by atoms with van der Waals surface area (Å²) in [6.45, 7) is 1.77. The third-order valence-electron chi connectivity index (χ3n) is 5.09. The highest BCUT2D eigenvalue weighted by molar-refractivity contribution is 6.30. The first kappa shape index (κ1) is 16.2. The second-order valence-electron chi connectivity index (χ2n) is 6.69. The zero-order valence-electron chi connectivity index (χ0n) is 14.0. The van der Waals surface area contributed by atoms with Crippen molar-refractivity contribution in [2.75, 3.05) is 13.1 Å². The molecular weight excluding hydrogens is 332 g/mol. The molecule has 1 aliphatic heterocycles. The maximum atomic E-state index is 12.8. The number of fused-ring (bicyclic) bond motifs is 1. The number of aromatic nitrogens is 1. The number of para-hydroxylation sites is 1. The number of carbonyl (C=O) groups is 1. The van der Waals surface area contributed by atoms with E-state index >= 15 is 0 Å². The molecule has 1 amide bonds. The van der Waals surface area contributed by atoms with E-state index in [2.05, 4.69) is 23.2 Å². The lowest BCUT2D eigenvalue weighted by atomic mass is 9.88. The van der Waals surface area contributed by atoms with Gasteiger partial charge < -0.3 is 9.88 Å². The van der Waals surface area contributed by atoms with E-state index in [1.807, 2.05) is 41.4 Å². The molecule has 128 valence electrons. The predicted molar refractivity (Wildman–Crippen MR) is 102 cm³/mol. The molecule has 1 aromatic heterocycles. The highest BCUT2D eigenvalue weighted by Gasteiger charge is 2.25. The number of carbonyl (C=O) groups excluding carboxylic acids is 1. The SMILES string of the molecule is O=C(CC(c1cccc(Cl)c1)c1c[nH]c2ccccc12)N1CCCC1. The maximum Gasteiger partial charge on any atom is 0.223 e. The number of rotatable bonds is 4. The van der Waals surface area contributed by atoms with Gasteiger partial charge in [-0.3, -0.25) is 4.79 Å². The van der Waals surface area contributed by atoms with E-state index in [-0.39, 0.29) is 11.8 Å². The first-order chi connectivity index (χ1) is 12.2. The van der Waals surface area contributed by atoms with Gasteiger partial charge in [-0.15, -0.1) is 0 Å². The van der Waals surface area contributed by atoms with E-state index in [1.54, 1.807) is 0 Å². The van der Waals surface area contributed by atoms with Crippen LogP contribution >= 0.6 is 11.6 Å². The highest BCUT2D eigenvalue weighted by Crippen LogP contribution is 2.35. The minimum atomic E-state index is 0.00273. The Kier molecular flexibility index (Phi) is 4.50. The Balaban J connectivity index is 1.74. The van der Waals surface area contributed by atoms with Gasteiger partial charge in [0.25, 0.3) is 0 Å². The molecule has 25 heavy (non-hydrogen) atoms. The molecule has 2 aromatic carbocycles. The lowest BCUT2D eigenvalue weighted by molar-refractivity contribution is -0.130. The first-order valence-corrected chi connectivity index (χ1v) is 9.19. The molecule has 1 fully saturated rings. The molecule has 1 unspecified atom stereocenters. The topological polar surface area (TPSA) is 36.1 Å². The van der Waals surface area contributed by atoms with Crippen molar-refractivity contribution in [2.45, 2.75) is 25.2 Å². The molecule has 4 heteroatoms. The van der Waals surface area contributed by atoms with E-state index in [0.717, 1.165) is 42.6 Å². The molecule has 3 aromatic rings. The van der Waals surface area contributed by atoms with Gasteiger partial charge >= 0.3 is 0 Å². The molecule has 0 aliphatic carbocycles. The largest absolute Gasteiger partial charge is 0.361 e. The normalized spacial score (nSPS) is 15.6. The molecule has 0 spiro atoms. The van der Waals surface area contributed by atoms with Gasteiger partial charge in [0.2, 0.25) is 5.91 Å². The van der Waals surface area contributed by atoms with Gasteiger partial charge in [0.05, 0.1) is 0 Å². The van der Waals surface area contributed by atoms with E-state index < -0.39 is 0 Å². The summed E-state index contributed by atoms with van der Waals surface area (Å²) < 4.78 is 0. The van der Waals surface area contributed by atoms with Crippen molar-refractivity contribution < 1.29 is 4.79 Å². The van der Waals surface area contributed by atoms with Crippen LogP contribution in [0.3, 0.4) is 0 Å². The Morgan fingerprint density at radius 2 is 1.92 bits per heavy atom. The van der Waals surface area contributed by atoms with Crippen molar-refractivity contribution in [3.8, 4) is 0 Å². The number of nitrogens with one attached hydrogen (secondary N) is 1. The number of likely N-dealkylation sites (tertiary alicyclic amines) is 1. The molecule has 4 rings (SSSR count). The predicted octanol–water partition coefficient (Wildman–Crippen LogP) is 4.97. The van der Waals surface area contributed by atoms with Crippen LogP contribution < -0.4 is 0 Å². The van der Waals surface area contributed by atoms with Crippen molar-refractivity contribution in [3.63, 3.8) is 0 Å². The van der Waals surface area contributed by atoms with Crippen LogP contribution in [0.2, 0.25) is 5.02 Å². The fourth-order valence-electron chi connectivity index (χ4n) is 3.78. The van der Waals surface area contributed by atoms with Crippen LogP contribution in [-0.2, 0) is 4.79 Å². The number of hydrogen-bond donors (Lipinski definition) is 1. The Bertz CT molecular complexity index is 896. The summed E-state index contributed by atoms with van der Waals surface area (Å²) >= 11 is 6.23. The zero-order valence-corrected chi connectivity index (χ0v) is 14.8. The average Bonchev–Trinajstić information content (AvgIpc) is 3.29. The van der Waals surface area contributed by atoms with E-state index in [1.165, 1.54) is 5.39 Å². The van der Waals surface area contributed by atoms with Crippen molar-refractivity contribution in [1.82, 2.24) is 9.88 Å². The van der Waals surface area contributed by atoms with Crippen molar-refractivity contribution in [2.24, 2.45) is 0 Å². The first-order valence-electron chi connectivity index (χ1n) is 8.81. The third-order valence-corrected chi connectivity index (χ3v) is 5.32. The Hall–Kier alpha value is -2.26. The van der Waals surface area contributed by atoms with Gasteiger partial charge in [0.15, 0.2) is 0 Å². The van der Waals surface area contributed by atoms with Crippen LogP contribution in [0.4, 0.5) is 0 Å². The van der Waals surface area contributed by atoms with Crippen molar-refractivity contribution in [3.05, 3.63) is 70.9 Å². The van der Waals surface area contributed by atoms with Gasteiger partial charge in [-0.05, 0) is 42.2 Å². The van der Waals surface area contributed by atoms with E-state index in [4.69, 9.17) is 11.6 Å². The molecule has 1 aliphatic rings. The Morgan fingerprint density at radius 1 is 1.12 bits per heavy atom. The summed E-state index contributed by atoms with van der Waals surface area (Å²) in [5, 5.41) is 1.87. The standard InChI is InChI=1S/C21H21ClN2O/c22-16-7-5-6-15(12-16)18(13-21(25)24-10-3-4-11-24)19-14-23-20-9-2-1-8-17(19)20/h1-2,5-9,12,14,18,23H,3-4,10-11,13H2. The number of halogens is 1. The molecule has 3 nitrogen and oxygen atoms in total. The van der Waals surface area contributed by atoms with Gasteiger partial charge in [0.1, 0.15) is 0 Å². The summed E-state index contributed by atoms with van der Waals surface area (Å²) in [6.07, 6.45) is 4.73. The fraction of sp³-hybridized carbons (Fsp3) is 0.286. The van der Waals surface area contributed by atoms with Crippen LogP contribution in [0.25, 0.3) is 10.9 Å². The number of aromatic amines is 1. The summed E-state index contributed by atoms with van der Waals surface area (Å²) in [7, 11) is 0. The minimum Gasteiger partial charge on any atom is -0.361 e. The number of H-pyrrole nitrogens is 1. The Labute approximate surface area is 152 Å². The summed E-state index contributed by atoms with van der Waals surface area (Å²) in [4.78, 5) is 18.2. The molecule has 1 N–H and O–H groups in total. The Morgan fingerprint density at radius 3 is 2.72 bits per heavy atom. The highest BCUT2D eigenvalue weighted by atomic mass is 35.5. The van der Waals surface area contributed by atoms with Crippen molar-refractivity contribution >= 4 is 28.4 Å². The number of amides is 1. The van der Waals surface area contributed by atoms with Crippen LogP contribution in [0, 0.1) is 0 Å². The second-order valence-corrected chi connectivity index (χ2v) is 7.13. The van der Waals surface area contributed by atoms with Gasteiger partial charge in [0, 0.05) is 47.6 Å². The van der Waals surface area contributed by atoms with Crippen LogP contribution in [0.5, 0.6) is 0 Å². The quantitative estimate of drug-likeness (QED) is 0.707. The van der Waals surface area contributed by atoms with Crippen LogP contribution in [-0.4, -0.2) is 28.9 Å². The molecule has 1 atom stereocenters. The van der Waals surface area contributed by atoms with Gasteiger partial charge in [-0.25, -0.2) is 0 Å². The minimum absolute atomic E-state index is 0.00273. The molecule has 0 saturated carbocycles. The number of hydrogen-bond acceptors (Lipinski definition) is 1. The molecule has 1 saturated heterocycles. The summed E-state index contributed by atoms with van der Waals surface area (Å²) in [5.41, 5.74) is 3.34. The lowest BCUT2D eigenvalue weighted by Crippen LogP contribution is -2.29. The van der Waals surface area contributed by atoms with E-state index in [9.17, 15) is 4.79 Å². The third kappa shape index (κ3) is 3.29. The fourth-order valence-corrected chi connectivity index (χ4v) is 3.98. The van der Waals surface area contributed by atoms with Gasteiger partial charge in [-0.2, -0.15) is 0 Å². The summed E-state index contributed by atoms with van der Waals surface area (Å²) in [6, 6.07) is 16.1. The molecular formula is C21H21ClN2O. The number of benzene rings is 2. The monoisotopic (exact) mass is 352 g/mol. The zero-order chi connectivity index (χ0) is 17.2. The molecule has 0 bridgehead atoms. The average molecular weight is 353 g/mol. The van der Waals surface area contributed by atoms with Crippen molar-refractivity contribution in [1.29, 1.82) is 0 Å². The van der Waals surface area contributed by atoms with Crippen LogP contribution in [0.1, 0.15) is 36.3 Å².